The number of benzene rings is 1. The monoisotopic (exact) mass is 270 g/mol. The minimum absolute atomic E-state index is 0.00936. The van der Waals surface area contributed by atoms with Crippen molar-refractivity contribution in [2.24, 2.45) is 4.99 Å². The van der Waals surface area contributed by atoms with Gasteiger partial charge in [0.15, 0.2) is 5.78 Å². The first-order chi connectivity index (χ1) is 9.72. The van der Waals surface area contributed by atoms with Crippen molar-refractivity contribution in [3.05, 3.63) is 54.1 Å². The molecule has 0 unspecified atom stereocenters. The minimum atomic E-state index is -0.317. The first kappa shape index (κ1) is 12.5. The zero-order valence-electron chi connectivity index (χ0n) is 10.5. The van der Waals surface area contributed by atoms with Crippen molar-refractivity contribution in [3.8, 4) is 5.75 Å². The van der Waals surface area contributed by atoms with Gasteiger partial charge < -0.3 is 4.74 Å². The molecule has 2 aromatic rings. The van der Waals surface area contributed by atoms with Crippen LogP contribution >= 0.6 is 0 Å². The molecule has 1 aliphatic heterocycles. The average molecular weight is 270 g/mol. The summed E-state index contributed by atoms with van der Waals surface area (Å²) >= 11 is 0. The molecule has 0 radical (unpaired) electrons. The normalized spacial score (nSPS) is 13.7. The van der Waals surface area contributed by atoms with Crippen molar-refractivity contribution in [2.75, 3.05) is 6.61 Å². The maximum Gasteiger partial charge on any atom is 0.170 e. The van der Waals surface area contributed by atoms with E-state index in [0.29, 0.717) is 22.7 Å². The van der Waals surface area contributed by atoms with E-state index in [2.05, 4.69) is 9.98 Å². The van der Waals surface area contributed by atoms with Gasteiger partial charge in [0.2, 0.25) is 0 Å². The second-order valence-corrected chi connectivity index (χ2v) is 4.41. The highest BCUT2D eigenvalue weighted by Gasteiger charge is 2.20. The van der Waals surface area contributed by atoms with Gasteiger partial charge in [-0.05, 0) is 30.3 Å². The molecule has 0 atom stereocenters. The molecule has 1 aromatic carbocycles. The number of ketones is 1. The molecule has 0 saturated heterocycles. The molecule has 0 saturated carbocycles. The molecule has 2 heterocycles. The third-order valence-corrected chi connectivity index (χ3v) is 2.96. The van der Waals surface area contributed by atoms with E-state index in [9.17, 15) is 9.18 Å². The van der Waals surface area contributed by atoms with Crippen LogP contribution in [0.15, 0.2) is 47.7 Å². The number of carbonyl (C=O) groups excluding carboxylic acids is 1. The number of aromatic nitrogens is 1. The molecule has 0 spiro atoms. The molecule has 5 heteroatoms. The first-order valence-corrected chi connectivity index (χ1v) is 6.14. The van der Waals surface area contributed by atoms with E-state index >= 15 is 0 Å². The number of ether oxygens (including phenoxy) is 1. The number of pyridine rings is 1. The van der Waals surface area contributed by atoms with E-state index in [1.807, 2.05) is 0 Å². The van der Waals surface area contributed by atoms with Crippen LogP contribution in [0.1, 0.15) is 16.8 Å². The van der Waals surface area contributed by atoms with Gasteiger partial charge in [-0.1, -0.05) is 0 Å². The Labute approximate surface area is 114 Å². The second-order valence-electron chi connectivity index (χ2n) is 4.41. The molecule has 0 fully saturated rings. The Hall–Kier alpha value is -2.56. The molecule has 0 bridgehead atoms. The molecule has 0 aliphatic carbocycles. The fourth-order valence-electron chi connectivity index (χ4n) is 1.98. The maximum absolute atomic E-state index is 12.8. The number of carbonyl (C=O) groups is 1. The highest BCUT2D eigenvalue weighted by atomic mass is 19.1. The summed E-state index contributed by atoms with van der Waals surface area (Å²) in [7, 11) is 0. The molecule has 4 nitrogen and oxygen atoms in total. The van der Waals surface area contributed by atoms with Crippen LogP contribution in [0.3, 0.4) is 0 Å². The van der Waals surface area contributed by atoms with Gasteiger partial charge in [0.25, 0.3) is 0 Å². The fraction of sp³-hybridized carbons (Fsp3) is 0.133. The predicted molar refractivity (Wildman–Crippen MR) is 72.2 cm³/mol. The van der Waals surface area contributed by atoms with Crippen LogP contribution in [0, 0.1) is 5.82 Å². The zero-order valence-corrected chi connectivity index (χ0v) is 10.5. The Kier molecular flexibility index (Phi) is 3.25. The highest BCUT2D eigenvalue weighted by Crippen LogP contribution is 2.24. The Morgan fingerprint density at radius 1 is 1.20 bits per heavy atom. The summed E-state index contributed by atoms with van der Waals surface area (Å²) in [6, 6.07) is 7.38. The molecule has 1 aliphatic rings. The van der Waals surface area contributed by atoms with E-state index in [4.69, 9.17) is 4.74 Å². The lowest BCUT2D eigenvalue weighted by Crippen LogP contribution is -2.19. The van der Waals surface area contributed by atoms with Crippen LogP contribution in [-0.2, 0) is 0 Å². The number of hydrogen-bond donors (Lipinski definition) is 0. The number of halogens is 1. The number of rotatable bonds is 3. The molecule has 1 aromatic heterocycles. The van der Waals surface area contributed by atoms with Crippen LogP contribution in [0.2, 0.25) is 0 Å². The second kappa shape index (κ2) is 5.21. The molecule has 0 amide bonds. The van der Waals surface area contributed by atoms with Crippen molar-refractivity contribution in [1.82, 2.24) is 4.98 Å². The zero-order chi connectivity index (χ0) is 13.9. The van der Waals surface area contributed by atoms with E-state index in [0.717, 1.165) is 0 Å². The molecular weight excluding hydrogens is 259 g/mol. The number of aliphatic imine (C=N–C) groups is 1. The lowest BCUT2D eigenvalue weighted by molar-refractivity contribution is 0.0998. The smallest absolute Gasteiger partial charge is 0.170 e. The predicted octanol–water partition coefficient (Wildman–Crippen LogP) is 2.96. The largest absolute Gasteiger partial charge is 0.488 e. The van der Waals surface area contributed by atoms with E-state index in [1.54, 1.807) is 18.5 Å². The molecular formula is C15H11FN2O2. The van der Waals surface area contributed by atoms with Gasteiger partial charge in [-0.15, -0.1) is 0 Å². The Morgan fingerprint density at radius 2 is 2.00 bits per heavy atom. The maximum atomic E-state index is 12.8. The fourth-order valence-corrected chi connectivity index (χ4v) is 1.98. The summed E-state index contributed by atoms with van der Waals surface area (Å²) in [5.41, 5.74) is 1.80. The first-order valence-electron chi connectivity index (χ1n) is 6.14. The lowest BCUT2D eigenvalue weighted by atomic mass is 10.0. The van der Waals surface area contributed by atoms with Crippen molar-refractivity contribution in [1.29, 1.82) is 0 Å². The minimum Gasteiger partial charge on any atom is -0.488 e. The summed E-state index contributed by atoms with van der Waals surface area (Å²) in [5.74, 6) is 0.233. The third-order valence-electron chi connectivity index (χ3n) is 2.96. The van der Waals surface area contributed by atoms with Crippen LogP contribution in [0.5, 0.6) is 5.75 Å². The lowest BCUT2D eigenvalue weighted by Gasteiger charge is -2.14. The summed E-state index contributed by atoms with van der Waals surface area (Å²) in [6.07, 6.45) is 3.37. The van der Waals surface area contributed by atoms with Crippen molar-refractivity contribution >= 4 is 17.2 Å². The van der Waals surface area contributed by atoms with Gasteiger partial charge in [0, 0.05) is 11.8 Å². The standard InChI is InChI=1S/C15H11FN2O2/c16-10-1-3-12(4-2-10)20-9-11-7-15(19)13-5-6-17-8-14(13)18-11/h1-6,8H,7,9H2. The molecule has 0 N–H and O–H groups in total. The number of hydrogen-bond acceptors (Lipinski definition) is 4. The van der Waals surface area contributed by atoms with Crippen molar-refractivity contribution < 1.29 is 13.9 Å². The van der Waals surface area contributed by atoms with Gasteiger partial charge in [-0.25, -0.2) is 4.39 Å². The summed E-state index contributed by atoms with van der Waals surface area (Å²) in [4.78, 5) is 20.3. The van der Waals surface area contributed by atoms with Gasteiger partial charge >= 0.3 is 0 Å². The van der Waals surface area contributed by atoms with Crippen LogP contribution < -0.4 is 4.74 Å². The highest BCUT2D eigenvalue weighted by molar-refractivity contribution is 6.16. The third kappa shape index (κ3) is 2.56. The van der Waals surface area contributed by atoms with E-state index in [-0.39, 0.29) is 24.6 Å². The SMILES string of the molecule is O=C1CC(COc2ccc(F)cc2)=Nc2cnccc21. The topological polar surface area (TPSA) is 51.5 Å². The van der Waals surface area contributed by atoms with Crippen molar-refractivity contribution in [2.45, 2.75) is 6.42 Å². The van der Waals surface area contributed by atoms with Crippen molar-refractivity contribution in [3.63, 3.8) is 0 Å². The van der Waals surface area contributed by atoms with Crippen LogP contribution in [0.4, 0.5) is 10.1 Å². The number of fused-ring (bicyclic) bond motifs is 1. The molecule has 20 heavy (non-hydrogen) atoms. The molecule has 100 valence electrons. The Balaban J connectivity index is 1.74. The quantitative estimate of drug-likeness (QED) is 0.861. The summed E-state index contributed by atoms with van der Waals surface area (Å²) in [6.45, 7) is 0.200. The van der Waals surface area contributed by atoms with Gasteiger partial charge in [0.1, 0.15) is 18.2 Å². The number of Topliss-reactive ketones (excluding diaryl/α,β-unsaturated/α-hetero) is 1. The molecule has 3 rings (SSSR count). The van der Waals surface area contributed by atoms with E-state index < -0.39 is 0 Å². The Morgan fingerprint density at radius 3 is 2.80 bits per heavy atom. The van der Waals surface area contributed by atoms with Crippen LogP contribution in [0.25, 0.3) is 0 Å². The van der Waals surface area contributed by atoms with Gasteiger partial charge in [-0.3, -0.25) is 14.8 Å². The van der Waals surface area contributed by atoms with E-state index in [1.165, 1.54) is 24.3 Å². The Bertz CT molecular complexity index is 681. The summed E-state index contributed by atoms with van der Waals surface area (Å²) < 4.78 is 18.3. The van der Waals surface area contributed by atoms with Gasteiger partial charge in [0.05, 0.1) is 24.0 Å². The summed E-state index contributed by atoms with van der Waals surface area (Å²) in [5, 5.41) is 0. The van der Waals surface area contributed by atoms with Crippen LogP contribution in [-0.4, -0.2) is 23.1 Å². The van der Waals surface area contributed by atoms with Gasteiger partial charge in [-0.2, -0.15) is 0 Å². The number of nitrogens with zero attached hydrogens (tertiary/aromatic N) is 2. The average Bonchev–Trinajstić information content (AvgIpc) is 2.47.